The first kappa shape index (κ1) is 16.7. The van der Waals surface area contributed by atoms with E-state index in [1.165, 1.54) is 0 Å². The van der Waals surface area contributed by atoms with Crippen molar-refractivity contribution in [1.29, 1.82) is 0 Å². The maximum absolute atomic E-state index is 12.1. The molecule has 0 saturated heterocycles. The topological polar surface area (TPSA) is 113 Å². The van der Waals surface area contributed by atoms with Crippen molar-refractivity contribution >= 4 is 34.6 Å². The zero-order valence-electron chi connectivity index (χ0n) is 14.3. The van der Waals surface area contributed by atoms with E-state index in [0.717, 1.165) is 5.52 Å². The molecule has 3 aromatic rings. The van der Waals surface area contributed by atoms with Crippen LogP contribution in [-0.4, -0.2) is 43.5 Å². The van der Waals surface area contributed by atoms with Gasteiger partial charge in [0.2, 0.25) is 5.91 Å². The van der Waals surface area contributed by atoms with Crippen molar-refractivity contribution in [3.8, 4) is 0 Å². The number of H-pyrrole nitrogens is 1. The van der Waals surface area contributed by atoms with Gasteiger partial charge in [-0.25, -0.2) is 14.8 Å². The van der Waals surface area contributed by atoms with Crippen LogP contribution in [0.15, 0.2) is 24.7 Å². The Balaban J connectivity index is 1.61. The van der Waals surface area contributed by atoms with E-state index in [4.69, 9.17) is 4.74 Å². The number of imidazole rings is 1. The van der Waals surface area contributed by atoms with Gasteiger partial charge < -0.3 is 20.4 Å². The van der Waals surface area contributed by atoms with Crippen molar-refractivity contribution in [2.45, 2.75) is 32.8 Å². The largest absolute Gasteiger partial charge is 0.444 e. The second kappa shape index (κ2) is 6.42. The molecule has 0 aliphatic rings. The molecule has 3 aromatic heterocycles. The number of hydrogen-bond donors (Lipinski definition) is 3. The van der Waals surface area contributed by atoms with Crippen LogP contribution >= 0.6 is 0 Å². The number of anilines is 1. The minimum Gasteiger partial charge on any atom is -0.444 e. The number of nitrogens with one attached hydrogen (secondary N) is 3. The molecule has 132 valence electrons. The van der Waals surface area contributed by atoms with Crippen molar-refractivity contribution in [2.75, 3.05) is 11.9 Å². The molecule has 0 unspecified atom stereocenters. The summed E-state index contributed by atoms with van der Waals surface area (Å²) in [5, 5.41) is 5.35. The molecular weight excluding hydrogens is 324 g/mol. The Morgan fingerprint density at radius 3 is 2.84 bits per heavy atom. The van der Waals surface area contributed by atoms with Crippen LogP contribution in [-0.2, 0) is 9.53 Å². The predicted octanol–water partition coefficient (Wildman–Crippen LogP) is 2.06. The number of hydrogen-bond acceptors (Lipinski definition) is 5. The zero-order chi connectivity index (χ0) is 18.0. The van der Waals surface area contributed by atoms with Crippen molar-refractivity contribution in [1.82, 2.24) is 24.7 Å². The van der Waals surface area contributed by atoms with Crippen LogP contribution in [0.1, 0.15) is 27.2 Å². The average molecular weight is 344 g/mol. The third-order valence-electron chi connectivity index (χ3n) is 3.33. The molecule has 0 aliphatic heterocycles. The van der Waals surface area contributed by atoms with Crippen molar-refractivity contribution in [3.63, 3.8) is 0 Å². The number of carbonyl (C=O) groups is 2. The molecule has 0 saturated carbocycles. The van der Waals surface area contributed by atoms with Crippen LogP contribution in [0.2, 0.25) is 0 Å². The molecule has 0 aromatic carbocycles. The van der Waals surface area contributed by atoms with Crippen molar-refractivity contribution in [2.24, 2.45) is 0 Å². The molecular formula is C16H20N6O3. The molecule has 0 bridgehead atoms. The maximum atomic E-state index is 12.1. The van der Waals surface area contributed by atoms with Gasteiger partial charge in [-0.2, -0.15) is 0 Å². The molecule has 3 N–H and O–H groups in total. The molecule has 3 rings (SSSR count). The Labute approximate surface area is 143 Å². The molecule has 9 heteroatoms. The number of aromatic amines is 1. The fourth-order valence-electron chi connectivity index (χ4n) is 2.35. The molecule has 25 heavy (non-hydrogen) atoms. The van der Waals surface area contributed by atoms with Gasteiger partial charge in [-0.15, -0.1) is 0 Å². The third-order valence-corrected chi connectivity index (χ3v) is 3.33. The summed E-state index contributed by atoms with van der Waals surface area (Å²) in [7, 11) is 0. The number of carbonyl (C=O) groups excluding carboxylic acids is 2. The summed E-state index contributed by atoms with van der Waals surface area (Å²) in [6.07, 6.45) is 4.54. The van der Waals surface area contributed by atoms with E-state index in [9.17, 15) is 9.59 Å². The van der Waals surface area contributed by atoms with Gasteiger partial charge in [0, 0.05) is 19.2 Å². The lowest BCUT2D eigenvalue weighted by atomic mass is 10.2. The standard InChI is InChI=1S/C16H20N6O3/c1-16(2,3)25-15(24)18-7-5-13(23)21-12-9-19-11-8-20-14-10(22(11)12)4-6-17-14/h4,6,8-9,17H,5,7H2,1-3H3,(H,18,24)(H,21,23). The highest BCUT2D eigenvalue weighted by atomic mass is 16.6. The monoisotopic (exact) mass is 344 g/mol. The van der Waals surface area contributed by atoms with Crippen molar-refractivity contribution in [3.05, 3.63) is 24.7 Å². The first-order valence-electron chi connectivity index (χ1n) is 7.90. The van der Waals surface area contributed by atoms with Crippen LogP contribution in [0, 0.1) is 0 Å². The minimum absolute atomic E-state index is 0.119. The third kappa shape index (κ3) is 3.87. The number of ether oxygens (including phenoxy) is 1. The summed E-state index contributed by atoms with van der Waals surface area (Å²) in [6, 6.07) is 1.86. The first-order valence-corrected chi connectivity index (χ1v) is 7.90. The summed E-state index contributed by atoms with van der Waals surface area (Å²) >= 11 is 0. The van der Waals surface area contributed by atoms with E-state index < -0.39 is 11.7 Å². The molecule has 0 fully saturated rings. The fourth-order valence-corrected chi connectivity index (χ4v) is 2.35. The van der Waals surface area contributed by atoms with Crippen LogP contribution in [0.25, 0.3) is 16.8 Å². The van der Waals surface area contributed by atoms with E-state index in [0.29, 0.717) is 17.1 Å². The maximum Gasteiger partial charge on any atom is 0.407 e. The Bertz CT molecular complexity index is 921. The lowest BCUT2D eigenvalue weighted by Crippen LogP contribution is -2.34. The molecule has 3 heterocycles. The van der Waals surface area contributed by atoms with Crippen LogP contribution < -0.4 is 10.6 Å². The zero-order valence-corrected chi connectivity index (χ0v) is 14.3. The van der Waals surface area contributed by atoms with Crippen LogP contribution in [0.4, 0.5) is 10.6 Å². The van der Waals surface area contributed by atoms with Gasteiger partial charge in [0.15, 0.2) is 11.3 Å². The Kier molecular flexibility index (Phi) is 4.30. The summed E-state index contributed by atoms with van der Waals surface area (Å²) < 4.78 is 6.92. The van der Waals surface area contributed by atoms with E-state index in [1.54, 1.807) is 43.8 Å². The average Bonchev–Trinajstić information content (AvgIpc) is 3.11. The highest BCUT2D eigenvalue weighted by molar-refractivity contribution is 5.91. The highest BCUT2D eigenvalue weighted by Gasteiger charge is 2.16. The first-order chi connectivity index (χ1) is 11.8. The van der Waals surface area contributed by atoms with Gasteiger partial charge in [-0.1, -0.05) is 0 Å². The Morgan fingerprint density at radius 1 is 1.28 bits per heavy atom. The number of fused-ring (bicyclic) bond motifs is 3. The summed E-state index contributed by atoms with van der Waals surface area (Å²) in [4.78, 5) is 35.2. The number of amides is 2. The number of rotatable bonds is 4. The number of alkyl carbamates (subject to hydrolysis) is 1. The van der Waals surface area contributed by atoms with Gasteiger partial charge in [0.05, 0.1) is 17.9 Å². The van der Waals surface area contributed by atoms with Gasteiger partial charge in [-0.3, -0.25) is 9.20 Å². The summed E-state index contributed by atoms with van der Waals surface area (Å²) in [5.41, 5.74) is 1.58. The van der Waals surface area contributed by atoms with Gasteiger partial charge in [0.1, 0.15) is 11.4 Å². The molecule has 0 radical (unpaired) electrons. The minimum atomic E-state index is -0.571. The van der Waals surface area contributed by atoms with E-state index in [2.05, 4.69) is 25.6 Å². The quantitative estimate of drug-likeness (QED) is 0.670. The Morgan fingerprint density at radius 2 is 2.08 bits per heavy atom. The molecule has 9 nitrogen and oxygen atoms in total. The fraction of sp³-hybridized carbons (Fsp3) is 0.375. The number of aromatic nitrogens is 4. The summed E-state index contributed by atoms with van der Waals surface area (Å²) in [5.74, 6) is 0.308. The second-order valence-corrected chi connectivity index (χ2v) is 6.53. The lowest BCUT2D eigenvalue weighted by molar-refractivity contribution is -0.116. The van der Waals surface area contributed by atoms with Gasteiger partial charge >= 0.3 is 6.09 Å². The second-order valence-electron chi connectivity index (χ2n) is 6.53. The van der Waals surface area contributed by atoms with Crippen molar-refractivity contribution < 1.29 is 14.3 Å². The van der Waals surface area contributed by atoms with Crippen LogP contribution in [0.3, 0.4) is 0 Å². The van der Waals surface area contributed by atoms with E-state index in [-0.39, 0.29) is 18.9 Å². The van der Waals surface area contributed by atoms with E-state index >= 15 is 0 Å². The molecule has 0 aliphatic carbocycles. The lowest BCUT2D eigenvalue weighted by Gasteiger charge is -2.19. The SMILES string of the molecule is CC(C)(C)OC(=O)NCCC(=O)Nc1cnc2cnc3[nH]ccc3n12. The normalized spacial score (nSPS) is 11.6. The molecule has 2 amide bonds. The highest BCUT2D eigenvalue weighted by Crippen LogP contribution is 2.18. The number of nitrogens with zero attached hydrogens (tertiary/aromatic N) is 3. The predicted molar refractivity (Wildman–Crippen MR) is 92.3 cm³/mol. The van der Waals surface area contributed by atoms with Gasteiger partial charge in [-0.05, 0) is 26.8 Å². The molecule has 0 spiro atoms. The van der Waals surface area contributed by atoms with E-state index in [1.807, 2.05) is 6.07 Å². The summed E-state index contributed by atoms with van der Waals surface area (Å²) in [6.45, 7) is 5.51. The Hall–Kier alpha value is -3.10. The van der Waals surface area contributed by atoms with Crippen LogP contribution in [0.5, 0.6) is 0 Å². The molecule has 0 atom stereocenters. The smallest absolute Gasteiger partial charge is 0.407 e. The van der Waals surface area contributed by atoms with Gasteiger partial charge in [0.25, 0.3) is 0 Å².